The molecular formula is C18H28N2O3. The van der Waals surface area contributed by atoms with Crippen molar-refractivity contribution in [3.63, 3.8) is 0 Å². The van der Waals surface area contributed by atoms with Crippen molar-refractivity contribution >= 4 is 11.8 Å². The molecule has 0 spiro atoms. The predicted molar refractivity (Wildman–Crippen MR) is 91.4 cm³/mol. The topological polar surface area (TPSA) is 78.4 Å². The number of rotatable bonds is 8. The lowest BCUT2D eigenvalue weighted by atomic mass is 9.83. The number of benzene rings is 1. The Morgan fingerprint density at radius 3 is 2.09 bits per heavy atom. The van der Waals surface area contributed by atoms with Crippen LogP contribution in [0, 0.1) is 19.3 Å². The summed E-state index contributed by atoms with van der Waals surface area (Å²) in [6.45, 7) is 8.23. The molecule has 0 saturated heterocycles. The highest BCUT2D eigenvalue weighted by molar-refractivity contribution is 5.96. The van der Waals surface area contributed by atoms with Gasteiger partial charge in [-0.05, 0) is 38.8 Å². The van der Waals surface area contributed by atoms with E-state index in [1.165, 1.54) is 0 Å². The maximum absolute atomic E-state index is 12.1. The summed E-state index contributed by atoms with van der Waals surface area (Å²) in [5.41, 5.74) is 2.30. The van der Waals surface area contributed by atoms with Crippen LogP contribution >= 0.6 is 0 Å². The highest BCUT2D eigenvalue weighted by atomic mass is 16.3. The number of aliphatic hydroxyl groups excluding tert-OH is 1. The number of hydrogen-bond donors (Lipinski definition) is 3. The Balaban J connectivity index is 2.51. The van der Waals surface area contributed by atoms with Crippen LogP contribution < -0.4 is 10.6 Å². The summed E-state index contributed by atoms with van der Waals surface area (Å²) in [4.78, 5) is 24.0. The smallest absolute Gasteiger partial charge is 0.251 e. The van der Waals surface area contributed by atoms with Crippen LogP contribution in [-0.2, 0) is 4.79 Å². The van der Waals surface area contributed by atoms with Gasteiger partial charge in [0.05, 0.1) is 13.2 Å². The van der Waals surface area contributed by atoms with Crippen LogP contribution in [-0.4, -0.2) is 36.6 Å². The molecule has 5 nitrogen and oxygen atoms in total. The first-order valence-electron chi connectivity index (χ1n) is 8.10. The Bertz CT molecular complexity index is 523. The molecule has 0 aliphatic rings. The second-order valence-electron chi connectivity index (χ2n) is 6.20. The summed E-state index contributed by atoms with van der Waals surface area (Å²) >= 11 is 0. The Hall–Kier alpha value is -1.88. The molecule has 0 radical (unpaired) electrons. The Morgan fingerprint density at radius 2 is 1.61 bits per heavy atom. The fourth-order valence-electron chi connectivity index (χ4n) is 2.50. The van der Waals surface area contributed by atoms with Crippen LogP contribution in [0.3, 0.4) is 0 Å². The van der Waals surface area contributed by atoms with E-state index in [0.717, 1.165) is 24.0 Å². The van der Waals surface area contributed by atoms with Gasteiger partial charge in [0.1, 0.15) is 0 Å². The van der Waals surface area contributed by atoms with Crippen molar-refractivity contribution in [3.05, 3.63) is 34.9 Å². The third-order valence-corrected chi connectivity index (χ3v) is 4.39. The molecule has 0 aliphatic carbocycles. The van der Waals surface area contributed by atoms with E-state index in [-0.39, 0.29) is 30.4 Å². The van der Waals surface area contributed by atoms with Crippen molar-refractivity contribution in [1.82, 2.24) is 10.6 Å². The van der Waals surface area contributed by atoms with E-state index in [1.807, 2.05) is 33.8 Å². The average Bonchev–Trinajstić information content (AvgIpc) is 2.53. The van der Waals surface area contributed by atoms with E-state index in [9.17, 15) is 14.7 Å². The molecule has 0 bridgehead atoms. The minimum atomic E-state index is -0.284. The number of aryl methyl sites for hydroxylation is 2. The molecule has 1 rings (SSSR count). The zero-order valence-electron chi connectivity index (χ0n) is 14.5. The predicted octanol–water partition coefficient (Wildman–Crippen LogP) is 1.95. The highest BCUT2D eigenvalue weighted by Gasteiger charge is 2.25. The lowest BCUT2D eigenvalue weighted by Crippen LogP contribution is -2.43. The number of amides is 2. The molecule has 0 heterocycles. The van der Waals surface area contributed by atoms with Gasteiger partial charge in [0.25, 0.3) is 5.91 Å². The van der Waals surface area contributed by atoms with Crippen molar-refractivity contribution in [2.45, 2.75) is 40.5 Å². The summed E-state index contributed by atoms with van der Waals surface area (Å²) in [7, 11) is 0. The summed E-state index contributed by atoms with van der Waals surface area (Å²) in [5, 5.41) is 14.9. The zero-order valence-corrected chi connectivity index (χ0v) is 14.5. The van der Waals surface area contributed by atoms with Crippen molar-refractivity contribution in [2.75, 3.05) is 19.7 Å². The van der Waals surface area contributed by atoms with Gasteiger partial charge < -0.3 is 15.7 Å². The van der Waals surface area contributed by atoms with Gasteiger partial charge in [-0.15, -0.1) is 0 Å². The molecule has 0 atom stereocenters. The molecule has 1 aromatic rings. The van der Waals surface area contributed by atoms with Gasteiger partial charge >= 0.3 is 0 Å². The van der Waals surface area contributed by atoms with E-state index in [2.05, 4.69) is 10.6 Å². The summed E-state index contributed by atoms with van der Waals surface area (Å²) in [5.74, 6) is -0.506. The first kappa shape index (κ1) is 19.2. The molecule has 1 aromatic carbocycles. The largest absolute Gasteiger partial charge is 0.396 e. The molecule has 5 heteroatoms. The third kappa shape index (κ3) is 5.67. The first-order chi connectivity index (χ1) is 10.9. The highest BCUT2D eigenvalue weighted by Crippen LogP contribution is 2.24. The fourth-order valence-corrected chi connectivity index (χ4v) is 2.50. The molecule has 0 unspecified atom stereocenters. The van der Waals surface area contributed by atoms with E-state index in [4.69, 9.17) is 0 Å². The molecule has 0 saturated carbocycles. The average molecular weight is 320 g/mol. The zero-order chi connectivity index (χ0) is 17.5. The second kappa shape index (κ2) is 8.67. The summed E-state index contributed by atoms with van der Waals surface area (Å²) in [6.07, 6.45) is 1.57. The molecule has 0 aliphatic heterocycles. The summed E-state index contributed by atoms with van der Waals surface area (Å²) < 4.78 is 0. The standard InChI is InChI=1S/C18H28N2O3/c1-5-18(6-2,12-21)11-20-16(22)10-19-17(23)15-8-13(3)7-14(4)9-15/h7-9,21H,5-6,10-12H2,1-4H3,(H,19,23)(H,20,22). The molecular weight excluding hydrogens is 292 g/mol. The van der Waals surface area contributed by atoms with Crippen LogP contribution in [0.1, 0.15) is 48.2 Å². The second-order valence-corrected chi connectivity index (χ2v) is 6.20. The summed E-state index contributed by atoms with van der Waals surface area (Å²) in [6, 6.07) is 5.59. The van der Waals surface area contributed by atoms with Crippen molar-refractivity contribution < 1.29 is 14.7 Å². The third-order valence-electron chi connectivity index (χ3n) is 4.39. The molecule has 23 heavy (non-hydrogen) atoms. The van der Waals surface area contributed by atoms with Crippen molar-refractivity contribution in [3.8, 4) is 0 Å². The number of nitrogens with one attached hydrogen (secondary N) is 2. The van der Waals surface area contributed by atoms with Gasteiger partial charge in [0, 0.05) is 17.5 Å². The molecule has 0 fully saturated rings. The van der Waals surface area contributed by atoms with Crippen LogP contribution in [0.15, 0.2) is 18.2 Å². The van der Waals surface area contributed by atoms with Crippen LogP contribution in [0.2, 0.25) is 0 Å². The normalized spacial score (nSPS) is 11.2. The van der Waals surface area contributed by atoms with Crippen molar-refractivity contribution in [1.29, 1.82) is 0 Å². The van der Waals surface area contributed by atoms with Crippen LogP contribution in [0.4, 0.5) is 0 Å². The van der Waals surface area contributed by atoms with Crippen LogP contribution in [0.5, 0.6) is 0 Å². The fraction of sp³-hybridized carbons (Fsp3) is 0.556. The number of carbonyl (C=O) groups is 2. The molecule has 2 amide bonds. The molecule has 128 valence electrons. The maximum Gasteiger partial charge on any atom is 0.251 e. The minimum absolute atomic E-state index is 0.0369. The van der Waals surface area contributed by atoms with Gasteiger partial charge in [0.15, 0.2) is 0 Å². The van der Waals surface area contributed by atoms with Crippen LogP contribution in [0.25, 0.3) is 0 Å². The minimum Gasteiger partial charge on any atom is -0.396 e. The monoisotopic (exact) mass is 320 g/mol. The van der Waals surface area contributed by atoms with Gasteiger partial charge in [-0.1, -0.05) is 31.0 Å². The lowest BCUT2D eigenvalue weighted by Gasteiger charge is -2.29. The van der Waals surface area contributed by atoms with E-state index in [1.54, 1.807) is 12.1 Å². The number of hydrogen-bond acceptors (Lipinski definition) is 3. The molecule has 0 aromatic heterocycles. The lowest BCUT2D eigenvalue weighted by molar-refractivity contribution is -0.120. The Kier molecular flexibility index (Phi) is 7.23. The SMILES string of the molecule is CCC(CC)(CO)CNC(=O)CNC(=O)c1cc(C)cc(C)c1. The van der Waals surface area contributed by atoms with Gasteiger partial charge in [-0.25, -0.2) is 0 Å². The number of aliphatic hydroxyl groups is 1. The van der Waals surface area contributed by atoms with E-state index >= 15 is 0 Å². The number of carbonyl (C=O) groups excluding carboxylic acids is 2. The van der Waals surface area contributed by atoms with E-state index < -0.39 is 0 Å². The van der Waals surface area contributed by atoms with E-state index in [0.29, 0.717) is 12.1 Å². The van der Waals surface area contributed by atoms with Crippen molar-refractivity contribution in [2.24, 2.45) is 5.41 Å². The Morgan fingerprint density at radius 1 is 1.04 bits per heavy atom. The van der Waals surface area contributed by atoms with Gasteiger partial charge in [-0.2, -0.15) is 0 Å². The first-order valence-corrected chi connectivity index (χ1v) is 8.10. The van der Waals surface area contributed by atoms with Gasteiger partial charge in [0.2, 0.25) is 5.91 Å². The Labute approximate surface area is 138 Å². The maximum atomic E-state index is 12.1. The van der Waals surface area contributed by atoms with Gasteiger partial charge in [-0.3, -0.25) is 9.59 Å². The molecule has 3 N–H and O–H groups in total. The quantitative estimate of drug-likeness (QED) is 0.685.